The third-order valence-corrected chi connectivity index (χ3v) is 4.29. The van der Waals surface area contributed by atoms with Gasteiger partial charge in [0.1, 0.15) is 7.85 Å². The lowest BCUT2D eigenvalue weighted by Crippen LogP contribution is -2.33. The number of likely N-dealkylation sites (tertiary alicyclic amines) is 1. The number of fused-ring (bicyclic) bond motifs is 1. The zero-order chi connectivity index (χ0) is 11.1. The van der Waals surface area contributed by atoms with E-state index in [2.05, 4.69) is 14.8 Å². The molecule has 0 N–H and O–H groups in total. The fourth-order valence-electron chi connectivity index (χ4n) is 3.41. The molecule has 0 aromatic rings. The summed E-state index contributed by atoms with van der Waals surface area (Å²) in [5.41, 5.74) is 0. The molecule has 84 valence electrons. The van der Waals surface area contributed by atoms with Crippen LogP contribution in [-0.2, 0) is 4.79 Å². The normalized spacial score (nSPS) is 42.3. The number of hydrogen-bond donors (Lipinski definition) is 0. The molecule has 1 aliphatic carbocycles. The summed E-state index contributed by atoms with van der Waals surface area (Å²) in [5, 5.41) is 0.439. The molecule has 2 rings (SSSR count). The van der Waals surface area contributed by atoms with Crippen molar-refractivity contribution in [3.05, 3.63) is 0 Å². The summed E-state index contributed by atoms with van der Waals surface area (Å²) in [7, 11) is 4.35. The third kappa shape index (κ3) is 2.21. The van der Waals surface area contributed by atoms with Gasteiger partial charge in [-0.2, -0.15) is 0 Å². The van der Waals surface area contributed by atoms with Crippen LogP contribution in [0.4, 0.5) is 0 Å². The molecule has 3 atom stereocenters. The van der Waals surface area contributed by atoms with Gasteiger partial charge in [-0.3, -0.25) is 4.79 Å². The van der Waals surface area contributed by atoms with Gasteiger partial charge in [-0.25, -0.2) is 0 Å². The van der Waals surface area contributed by atoms with Crippen LogP contribution >= 0.6 is 0 Å². The van der Waals surface area contributed by atoms with E-state index in [1.165, 1.54) is 32.1 Å². The van der Waals surface area contributed by atoms with Crippen LogP contribution in [0.25, 0.3) is 0 Å². The van der Waals surface area contributed by atoms with Crippen molar-refractivity contribution in [2.24, 2.45) is 5.92 Å². The average molecular weight is 207 g/mol. The Bertz CT molecular complexity index is 264. The van der Waals surface area contributed by atoms with Crippen LogP contribution in [0.1, 0.15) is 45.4 Å². The van der Waals surface area contributed by atoms with E-state index in [-0.39, 0.29) is 0 Å². The molecule has 1 saturated carbocycles. The zero-order valence-electron chi connectivity index (χ0n) is 10.3. The van der Waals surface area contributed by atoms with Gasteiger partial charge in [0.25, 0.3) is 0 Å². The van der Waals surface area contributed by atoms with Crippen molar-refractivity contribution in [1.82, 2.24) is 4.90 Å². The Balaban J connectivity index is 2.13. The molecule has 3 heteroatoms. The van der Waals surface area contributed by atoms with Crippen molar-refractivity contribution in [2.75, 3.05) is 7.05 Å². The SMILES string of the molecule is BC1(C)CCCCC2C(CC(=O)N2C)C1. The molecule has 2 aliphatic rings. The van der Waals surface area contributed by atoms with E-state index in [4.69, 9.17) is 0 Å². The molecule has 15 heavy (non-hydrogen) atoms. The minimum atomic E-state index is 0.364. The first-order chi connectivity index (χ1) is 6.99. The minimum absolute atomic E-state index is 0.364. The zero-order valence-corrected chi connectivity index (χ0v) is 10.3. The smallest absolute Gasteiger partial charge is 0.222 e. The van der Waals surface area contributed by atoms with Gasteiger partial charge in [0, 0.05) is 19.5 Å². The molecule has 1 aliphatic heterocycles. The van der Waals surface area contributed by atoms with Crippen molar-refractivity contribution >= 4 is 13.8 Å². The maximum Gasteiger partial charge on any atom is 0.222 e. The summed E-state index contributed by atoms with van der Waals surface area (Å²) in [5.74, 6) is 0.987. The second-order valence-electron chi connectivity index (χ2n) is 6.15. The highest BCUT2D eigenvalue weighted by molar-refractivity contribution is 6.14. The first-order valence-corrected chi connectivity index (χ1v) is 6.25. The van der Waals surface area contributed by atoms with Gasteiger partial charge in [0.2, 0.25) is 5.91 Å². The molecule has 1 saturated heterocycles. The number of rotatable bonds is 0. The van der Waals surface area contributed by atoms with Crippen molar-refractivity contribution in [2.45, 2.75) is 56.8 Å². The molecule has 0 aromatic heterocycles. The fraction of sp³-hybridized carbons (Fsp3) is 0.917. The highest BCUT2D eigenvalue weighted by Crippen LogP contribution is 2.44. The standard InChI is InChI=1S/C12H22BNO/c1-12(13)6-4-3-5-10-9(8-12)7-11(15)14(10)2/h9-10H,3-8,13H2,1-2H3. The van der Waals surface area contributed by atoms with Crippen LogP contribution in [-0.4, -0.2) is 31.7 Å². The summed E-state index contributed by atoms with van der Waals surface area (Å²) in [4.78, 5) is 13.7. The maximum atomic E-state index is 11.7. The Labute approximate surface area is 93.8 Å². The number of carbonyl (C=O) groups excluding carboxylic acids is 1. The summed E-state index contributed by atoms with van der Waals surface area (Å²) >= 11 is 0. The molecule has 0 aromatic carbocycles. The lowest BCUT2D eigenvalue weighted by atomic mass is 9.60. The Morgan fingerprint density at radius 3 is 2.93 bits per heavy atom. The summed E-state index contributed by atoms with van der Waals surface area (Å²) < 4.78 is 0. The number of hydrogen-bond acceptors (Lipinski definition) is 1. The number of nitrogens with zero attached hydrogens (tertiary/aromatic N) is 1. The van der Waals surface area contributed by atoms with Crippen LogP contribution in [0.3, 0.4) is 0 Å². The monoisotopic (exact) mass is 207 g/mol. The minimum Gasteiger partial charge on any atom is -0.342 e. The van der Waals surface area contributed by atoms with Crippen LogP contribution in [0, 0.1) is 5.92 Å². The average Bonchev–Trinajstić information content (AvgIpc) is 2.35. The molecule has 2 fully saturated rings. The Morgan fingerprint density at radius 2 is 2.20 bits per heavy atom. The van der Waals surface area contributed by atoms with Gasteiger partial charge in [-0.05, 0) is 18.8 Å². The molecular weight excluding hydrogens is 185 g/mol. The molecule has 3 unspecified atom stereocenters. The second kappa shape index (κ2) is 3.84. The lowest BCUT2D eigenvalue weighted by Gasteiger charge is -2.35. The first-order valence-electron chi connectivity index (χ1n) is 6.25. The topological polar surface area (TPSA) is 20.3 Å². The fourth-order valence-corrected chi connectivity index (χ4v) is 3.41. The highest BCUT2D eigenvalue weighted by atomic mass is 16.2. The van der Waals surface area contributed by atoms with Gasteiger partial charge < -0.3 is 4.90 Å². The quantitative estimate of drug-likeness (QED) is 0.552. The predicted octanol–water partition coefficient (Wildman–Crippen LogP) is 1.61. The summed E-state index contributed by atoms with van der Waals surface area (Å²) in [6.07, 6.45) is 7.20. The van der Waals surface area contributed by atoms with Gasteiger partial charge in [-0.1, -0.05) is 31.5 Å². The Kier molecular flexibility index (Phi) is 2.82. The number of amides is 1. The van der Waals surface area contributed by atoms with Crippen LogP contribution < -0.4 is 0 Å². The second-order valence-corrected chi connectivity index (χ2v) is 6.15. The van der Waals surface area contributed by atoms with Crippen LogP contribution in [0.15, 0.2) is 0 Å². The largest absolute Gasteiger partial charge is 0.342 e. The summed E-state index contributed by atoms with van der Waals surface area (Å²) in [6, 6.07) is 0.539. The van der Waals surface area contributed by atoms with E-state index >= 15 is 0 Å². The Hall–Kier alpha value is -0.465. The lowest BCUT2D eigenvalue weighted by molar-refractivity contribution is -0.127. The molecule has 0 radical (unpaired) electrons. The Morgan fingerprint density at radius 1 is 1.47 bits per heavy atom. The maximum absolute atomic E-state index is 11.7. The molecule has 1 amide bonds. The van der Waals surface area contributed by atoms with E-state index in [1.807, 2.05) is 11.9 Å². The molecular formula is C12H22BNO. The van der Waals surface area contributed by atoms with Crippen LogP contribution in [0.5, 0.6) is 0 Å². The van der Waals surface area contributed by atoms with Gasteiger partial charge in [0.05, 0.1) is 0 Å². The van der Waals surface area contributed by atoms with Gasteiger partial charge in [-0.15, -0.1) is 0 Å². The highest BCUT2D eigenvalue weighted by Gasteiger charge is 2.40. The predicted molar refractivity (Wildman–Crippen MR) is 64.7 cm³/mol. The molecule has 0 bridgehead atoms. The van der Waals surface area contributed by atoms with Crippen molar-refractivity contribution in [1.29, 1.82) is 0 Å². The van der Waals surface area contributed by atoms with E-state index in [0.717, 1.165) is 6.42 Å². The van der Waals surface area contributed by atoms with Crippen molar-refractivity contribution in [3.8, 4) is 0 Å². The van der Waals surface area contributed by atoms with E-state index in [1.54, 1.807) is 0 Å². The third-order valence-electron chi connectivity index (χ3n) is 4.29. The molecule has 1 heterocycles. The number of carbonyl (C=O) groups is 1. The summed E-state index contributed by atoms with van der Waals surface area (Å²) in [6.45, 7) is 2.36. The van der Waals surface area contributed by atoms with Crippen molar-refractivity contribution in [3.63, 3.8) is 0 Å². The molecule has 2 nitrogen and oxygen atoms in total. The van der Waals surface area contributed by atoms with Gasteiger partial charge in [0.15, 0.2) is 0 Å². The first kappa shape index (κ1) is 11.0. The van der Waals surface area contributed by atoms with Crippen LogP contribution in [0.2, 0.25) is 5.31 Å². The van der Waals surface area contributed by atoms with Crippen molar-refractivity contribution < 1.29 is 4.79 Å². The van der Waals surface area contributed by atoms with E-state index < -0.39 is 0 Å². The molecule has 0 spiro atoms. The van der Waals surface area contributed by atoms with Gasteiger partial charge >= 0.3 is 0 Å². The van der Waals surface area contributed by atoms with E-state index in [9.17, 15) is 4.79 Å². The van der Waals surface area contributed by atoms with E-state index in [0.29, 0.717) is 23.2 Å².